The van der Waals surface area contributed by atoms with Gasteiger partial charge >= 0.3 is 0 Å². The number of para-hydroxylation sites is 1. The molecule has 10 heteroatoms. The predicted molar refractivity (Wildman–Crippen MR) is 120 cm³/mol. The first kappa shape index (κ1) is 22.7. The van der Waals surface area contributed by atoms with Crippen molar-refractivity contribution in [1.29, 1.82) is 0 Å². The zero-order valence-corrected chi connectivity index (χ0v) is 17.0. The van der Waals surface area contributed by atoms with E-state index in [9.17, 15) is 29.9 Å². The summed E-state index contributed by atoms with van der Waals surface area (Å²) >= 11 is 0. The lowest BCUT2D eigenvalue weighted by Crippen LogP contribution is -2.32. The Morgan fingerprint density at radius 1 is 0.909 bits per heavy atom. The first-order valence-electron chi connectivity index (χ1n) is 9.52. The molecule has 0 fully saturated rings. The zero-order chi connectivity index (χ0) is 23.8. The molecule has 33 heavy (non-hydrogen) atoms. The van der Waals surface area contributed by atoms with Crippen molar-refractivity contribution in [2.24, 2.45) is 5.10 Å². The summed E-state index contributed by atoms with van der Waals surface area (Å²) < 4.78 is 0. The molecular weight excluding hydrogens is 428 g/mol. The van der Waals surface area contributed by atoms with Crippen LogP contribution < -0.4 is 10.7 Å². The highest BCUT2D eigenvalue weighted by Gasteiger charge is 2.15. The average Bonchev–Trinajstić information content (AvgIpc) is 2.81. The Bertz CT molecular complexity index is 1250. The number of benzene rings is 3. The van der Waals surface area contributed by atoms with Crippen molar-refractivity contribution < 1.29 is 24.7 Å². The third-order valence-electron chi connectivity index (χ3n) is 4.36. The third-order valence-corrected chi connectivity index (χ3v) is 4.36. The van der Waals surface area contributed by atoms with E-state index in [0.717, 1.165) is 24.4 Å². The number of hydrogen-bond acceptors (Lipinski definition) is 7. The number of nitro groups is 1. The summed E-state index contributed by atoms with van der Waals surface area (Å²) in [6.07, 6.45) is 2.29. The SMILES string of the molecule is O=C(N/N=C\c1cc([N+](=O)[O-])ccc1O)/C(=C/c1ccccc1O)NC(=O)c1ccccc1. The molecule has 0 aromatic heterocycles. The largest absolute Gasteiger partial charge is 0.507 e. The Labute approximate surface area is 187 Å². The van der Waals surface area contributed by atoms with E-state index in [0.29, 0.717) is 5.56 Å². The van der Waals surface area contributed by atoms with E-state index in [1.807, 2.05) is 0 Å². The number of nitro benzene ring substituents is 1. The van der Waals surface area contributed by atoms with Gasteiger partial charge in [-0.25, -0.2) is 5.43 Å². The first-order valence-corrected chi connectivity index (χ1v) is 9.52. The third kappa shape index (κ3) is 6.01. The summed E-state index contributed by atoms with van der Waals surface area (Å²) in [5.41, 5.74) is 2.29. The van der Waals surface area contributed by atoms with Gasteiger partial charge in [-0.3, -0.25) is 19.7 Å². The predicted octanol–water partition coefficient (Wildman–Crippen LogP) is 2.93. The molecular formula is C23H18N4O6. The lowest BCUT2D eigenvalue weighted by Gasteiger charge is -2.10. The van der Waals surface area contributed by atoms with Crippen LogP contribution in [0.4, 0.5) is 5.69 Å². The molecule has 3 aromatic carbocycles. The number of amides is 2. The highest BCUT2D eigenvalue weighted by Crippen LogP contribution is 2.21. The fraction of sp³-hybridized carbons (Fsp3) is 0. The lowest BCUT2D eigenvalue weighted by atomic mass is 10.1. The quantitative estimate of drug-likeness (QED) is 0.189. The van der Waals surface area contributed by atoms with Gasteiger partial charge < -0.3 is 15.5 Å². The number of phenolic OH excluding ortho intramolecular Hbond substituents is 2. The number of nitrogens with zero attached hydrogens (tertiary/aromatic N) is 2. The van der Waals surface area contributed by atoms with Gasteiger partial charge in [0.05, 0.1) is 11.1 Å². The van der Waals surface area contributed by atoms with Crippen LogP contribution in [0, 0.1) is 10.1 Å². The van der Waals surface area contributed by atoms with E-state index in [1.165, 1.54) is 12.1 Å². The van der Waals surface area contributed by atoms with Crippen LogP contribution in [-0.4, -0.2) is 33.2 Å². The molecule has 0 heterocycles. The van der Waals surface area contributed by atoms with Crippen LogP contribution in [0.25, 0.3) is 6.08 Å². The van der Waals surface area contributed by atoms with Crippen LogP contribution in [0.15, 0.2) is 83.6 Å². The number of carbonyl (C=O) groups is 2. The van der Waals surface area contributed by atoms with Gasteiger partial charge in [0.2, 0.25) is 0 Å². The van der Waals surface area contributed by atoms with Gasteiger partial charge in [0, 0.05) is 28.8 Å². The fourth-order valence-electron chi connectivity index (χ4n) is 2.69. The van der Waals surface area contributed by atoms with Crippen molar-refractivity contribution in [3.8, 4) is 11.5 Å². The highest BCUT2D eigenvalue weighted by atomic mass is 16.6. The molecule has 10 nitrogen and oxygen atoms in total. The summed E-state index contributed by atoms with van der Waals surface area (Å²) in [7, 11) is 0. The summed E-state index contributed by atoms with van der Waals surface area (Å²) in [4.78, 5) is 35.5. The summed E-state index contributed by atoms with van der Waals surface area (Å²) in [5.74, 6) is -1.78. The van der Waals surface area contributed by atoms with Gasteiger partial charge in [0.1, 0.15) is 17.2 Å². The van der Waals surface area contributed by atoms with E-state index in [2.05, 4.69) is 15.8 Å². The summed E-state index contributed by atoms with van der Waals surface area (Å²) in [6.45, 7) is 0. The maximum Gasteiger partial charge on any atom is 0.287 e. The van der Waals surface area contributed by atoms with Crippen LogP contribution in [-0.2, 0) is 4.79 Å². The zero-order valence-electron chi connectivity index (χ0n) is 17.0. The molecule has 0 bridgehead atoms. The van der Waals surface area contributed by atoms with Crippen molar-refractivity contribution in [3.63, 3.8) is 0 Å². The number of hydrazone groups is 1. The number of nitrogens with one attached hydrogen (secondary N) is 2. The smallest absolute Gasteiger partial charge is 0.287 e. The van der Waals surface area contributed by atoms with Crippen LogP contribution in [0.5, 0.6) is 11.5 Å². The Balaban J connectivity index is 1.84. The molecule has 0 aliphatic carbocycles. The Morgan fingerprint density at radius 2 is 1.58 bits per heavy atom. The number of non-ortho nitro benzene ring substituents is 1. The molecule has 0 atom stereocenters. The second kappa shape index (κ2) is 10.4. The number of aromatic hydroxyl groups is 2. The molecule has 0 aliphatic heterocycles. The maximum atomic E-state index is 12.7. The normalized spacial score (nSPS) is 11.2. The Morgan fingerprint density at radius 3 is 2.27 bits per heavy atom. The molecule has 3 aromatic rings. The van der Waals surface area contributed by atoms with E-state index >= 15 is 0 Å². The standard InChI is InChI=1S/C23H18N4O6/c28-20-9-5-4-8-16(20)13-19(25-22(30)15-6-2-1-3-7-15)23(31)26-24-14-17-12-18(27(32)33)10-11-21(17)29/h1-14,28-29H,(H,25,30)(H,26,31)/b19-13-,24-14-. The monoisotopic (exact) mass is 446 g/mol. The van der Waals surface area contributed by atoms with Crippen molar-refractivity contribution >= 4 is 29.8 Å². The Kier molecular flexibility index (Phi) is 7.12. The van der Waals surface area contributed by atoms with E-state index in [4.69, 9.17) is 0 Å². The van der Waals surface area contributed by atoms with Gasteiger partial charge in [-0.05, 0) is 30.3 Å². The molecule has 0 saturated carbocycles. The molecule has 4 N–H and O–H groups in total. The van der Waals surface area contributed by atoms with Crippen molar-refractivity contribution in [3.05, 3.63) is 105 Å². The first-order chi connectivity index (χ1) is 15.8. The molecule has 0 radical (unpaired) electrons. The lowest BCUT2D eigenvalue weighted by molar-refractivity contribution is -0.384. The molecule has 166 valence electrons. The second-order valence-electron chi connectivity index (χ2n) is 6.64. The van der Waals surface area contributed by atoms with Gasteiger partial charge in [-0.15, -0.1) is 0 Å². The molecule has 2 amide bonds. The van der Waals surface area contributed by atoms with Crippen LogP contribution in [0.1, 0.15) is 21.5 Å². The minimum Gasteiger partial charge on any atom is -0.507 e. The van der Waals surface area contributed by atoms with E-state index < -0.39 is 16.7 Å². The van der Waals surface area contributed by atoms with E-state index in [1.54, 1.807) is 48.5 Å². The number of phenols is 2. The molecule has 0 aliphatic rings. The average molecular weight is 446 g/mol. The topological polar surface area (TPSA) is 154 Å². The second-order valence-corrected chi connectivity index (χ2v) is 6.64. The van der Waals surface area contributed by atoms with Gasteiger partial charge in [-0.2, -0.15) is 5.10 Å². The molecule has 0 spiro atoms. The molecule has 3 rings (SSSR count). The van der Waals surface area contributed by atoms with Crippen molar-refractivity contribution in [1.82, 2.24) is 10.7 Å². The maximum absolute atomic E-state index is 12.7. The van der Waals surface area contributed by atoms with Crippen LogP contribution in [0.2, 0.25) is 0 Å². The summed E-state index contributed by atoms with van der Waals surface area (Å²) in [5, 5.41) is 36.9. The Hall–Kier alpha value is -4.99. The van der Waals surface area contributed by atoms with Crippen molar-refractivity contribution in [2.75, 3.05) is 0 Å². The number of hydrogen-bond donors (Lipinski definition) is 4. The fourth-order valence-corrected chi connectivity index (χ4v) is 2.69. The minimum atomic E-state index is -0.830. The van der Waals surface area contributed by atoms with Gasteiger partial charge in [0.15, 0.2) is 0 Å². The van der Waals surface area contributed by atoms with Gasteiger partial charge in [-0.1, -0.05) is 36.4 Å². The highest BCUT2D eigenvalue weighted by molar-refractivity contribution is 6.05. The number of carbonyl (C=O) groups excluding carboxylic acids is 2. The summed E-state index contributed by atoms with van der Waals surface area (Å²) in [6, 6.07) is 17.7. The molecule has 0 unspecified atom stereocenters. The van der Waals surface area contributed by atoms with Crippen molar-refractivity contribution in [2.45, 2.75) is 0 Å². The van der Waals surface area contributed by atoms with Crippen LogP contribution >= 0.6 is 0 Å². The number of rotatable bonds is 7. The molecule has 0 saturated heterocycles. The van der Waals surface area contributed by atoms with Gasteiger partial charge in [0.25, 0.3) is 17.5 Å². The minimum absolute atomic E-state index is 0.00375. The van der Waals surface area contributed by atoms with E-state index in [-0.39, 0.29) is 34.0 Å². The van der Waals surface area contributed by atoms with Crippen LogP contribution in [0.3, 0.4) is 0 Å².